The first kappa shape index (κ1) is 25.4. The molecule has 1 unspecified atom stereocenters. The summed E-state index contributed by atoms with van der Waals surface area (Å²) in [7, 11) is 1.54. The highest BCUT2D eigenvalue weighted by atomic mass is 19.1. The van der Waals surface area contributed by atoms with Crippen LogP contribution in [-0.4, -0.2) is 74.1 Å². The Kier molecular flexibility index (Phi) is 6.87. The molecule has 2 aromatic rings. The van der Waals surface area contributed by atoms with Crippen molar-refractivity contribution in [2.75, 3.05) is 38.2 Å². The number of carbonyl (C=O) groups is 4. The number of piperidine rings is 1. The zero-order valence-electron chi connectivity index (χ0n) is 20.5. The monoisotopic (exact) mass is 528 g/mol. The number of ether oxygens (including phenoxy) is 2. The Bertz CT molecular complexity index is 1250. The molecule has 3 saturated heterocycles. The minimum Gasteiger partial charge on any atom is -0.497 e. The molecule has 0 bridgehead atoms. The van der Waals surface area contributed by atoms with E-state index in [1.165, 1.54) is 0 Å². The lowest BCUT2D eigenvalue weighted by molar-refractivity contribution is -0.134. The van der Waals surface area contributed by atoms with Crippen LogP contribution in [-0.2, 0) is 14.3 Å². The smallest absolute Gasteiger partial charge is 0.407 e. The minimum absolute atomic E-state index is 0.0183. The van der Waals surface area contributed by atoms with Gasteiger partial charge in [-0.25, -0.2) is 13.6 Å². The van der Waals surface area contributed by atoms with Gasteiger partial charge in [0.05, 0.1) is 32.2 Å². The number of nitrogens with zero attached hydrogens (tertiary/aromatic N) is 2. The Balaban J connectivity index is 1.07. The van der Waals surface area contributed by atoms with Gasteiger partial charge < -0.3 is 24.6 Å². The number of likely N-dealkylation sites (tertiary alicyclic amines) is 1. The highest BCUT2D eigenvalue weighted by Gasteiger charge is 2.37. The fourth-order valence-corrected chi connectivity index (χ4v) is 4.78. The van der Waals surface area contributed by atoms with Gasteiger partial charge in [-0.05, 0) is 42.8 Å². The first-order valence-electron chi connectivity index (χ1n) is 12.2. The van der Waals surface area contributed by atoms with Crippen LogP contribution in [0.4, 0.5) is 19.3 Å². The third-order valence-electron chi connectivity index (χ3n) is 6.97. The molecule has 10 nitrogen and oxygen atoms in total. The third kappa shape index (κ3) is 5.11. The number of imide groups is 1. The molecule has 12 heteroatoms. The standard InChI is InChI=1S/C26H26F2N4O6/c1-37-17-4-2-14(3-5-17)25(35)32-12-18(13-32)38-26(36)29-15-10-31(11-15)16-8-20(27)23(21(28)9-16)19-6-7-22(33)30-24(19)34/h2-5,8-9,15,18-19H,6-7,10-13H2,1H3,(H,29,36)(H,30,33,34). The number of benzene rings is 2. The molecule has 4 amide bonds. The molecule has 38 heavy (non-hydrogen) atoms. The maximum Gasteiger partial charge on any atom is 0.407 e. The lowest BCUT2D eigenvalue weighted by Crippen LogP contribution is -2.61. The Morgan fingerprint density at radius 1 is 1.03 bits per heavy atom. The molecular formula is C26H26F2N4O6. The van der Waals surface area contributed by atoms with Gasteiger partial charge in [0.1, 0.15) is 23.5 Å². The summed E-state index contributed by atoms with van der Waals surface area (Å²) in [5.74, 6) is -3.46. The van der Waals surface area contributed by atoms with Crippen LogP contribution in [0.15, 0.2) is 36.4 Å². The number of methoxy groups -OCH3 is 1. The SMILES string of the molecule is COc1ccc(C(=O)N2CC(OC(=O)NC3CN(c4cc(F)c(C5CCC(=O)NC5=O)c(F)c4)C3)C2)cc1. The van der Waals surface area contributed by atoms with E-state index in [2.05, 4.69) is 10.6 Å². The van der Waals surface area contributed by atoms with Gasteiger partial charge >= 0.3 is 6.09 Å². The number of carbonyl (C=O) groups excluding carboxylic acids is 4. The van der Waals surface area contributed by atoms with Gasteiger partial charge in [0.25, 0.3) is 5.91 Å². The summed E-state index contributed by atoms with van der Waals surface area (Å²) in [6.45, 7) is 1.21. The summed E-state index contributed by atoms with van der Waals surface area (Å²) in [5, 5.41) is 4.82. The van der Waals surface area contributed by atoms with Crippen LogP contribution in [0, 0.1) is 11.6 Å². The molecule has 0 radical (unpaired) electrons. The van der Waals surface area contributed by atoms with Crippen molar-refractivity contribution in [1.82, 2.24) is 15.5 Å². The summed E-state index contributed by atoms with van der Waals surface area (Å²) >= 11 is 0. The van der Waals surface area contributed by atoms with Gasteiger partial charge in [0.2, 0.25) is 11.8 Å². The van der Waals surface area contributed by atoms with E-state index in [1.807, 2.05) is 0 Å². The molecule has 3 heterocycles. The summed E-state index contributed by atoms with van der Waals surface area (Å²) in [6, 6.07) is 8.77. The predicted molar refractivity (Wildman–Crippen MR) is 130 cm³/mol. The molecule has 0 spiro atoms. The zero-order valence-corrected chi connectivity index (χ0v) is 20.5. The van der Waals surface area contributed by atoms with Crippen molar-refractivity contribution in [2.45, 2.75) is 30.9 Å². The molecular weight excluding hydrogens is 502 g/mol. The Labute approximate surface area is 216 Å². The van der Waals surface area contributed by atoms with Crippen LogP contribution in [0.25, 0.3) is 0 Å². The van der Waals surface area contributed by atoms with Gasteiger partial charge in [-0.15, -0.1) is 0 Å². The summed E-state index contributed by atoms with van der Waals surface area (Å²) in [6.07, 6.45) is -0.979. The molecule has 200 valence electrons. The van der Waals surface area contributed by atoms with Crippen LogP contribution in [0.2, 0.25) is 0 Å². The van der Waals surface area contributed by atoms with Crippen molar-refractivity contribution in [2.24, 2.45) is 0 Å². The molecule has 0 aromatic heterocycles. The fourth-order valence-electron chi connectivity index (χ4n) is 4.78. The third-order valence-corrected chi connectivity index (χ3v) is 6.97. The number of nitrogens with one attached hydrogen (secondary N) is 2. The molecule has 0 saturated carbocycles. The van der Waals surface area contributed by atoms with E-state index in [9.17, 15) is 28.0 Å². The van der Waals surface area contributed by atoms with Crippen LogP contribution >= 0.6 is 0 Å². The van der Waals surface area contributed by atoms with Crippen molar-refractivity contribution in [1.29, 1.82) is 0 Å². The predicted octanol–water partition coefficient (Wildman–Crippen LogP) is 1.93. The second-order valence-electron chi connectivity index (χ2n) is 9.54. The van der Waals surface area contributed by atoms with Crippen LogP contribution in [0.3, 0.4) is 0 Å². The van der Waals surface area contributed by atoms with Crippen molar-refractivity contribution < 1.29 is 37.4 Å². The normalized spacial score (nSPS) is 19.8. The maximum atomic E-state index is 14.8. The van der Waals surface area contributed by atoms with E-state index < -0.39 is 41.6 Å². The maximum absolute atomic E-state index is 14.8. The summed E-state index contributed by atoms with van der Waals surface area (Å²) in [4.78, 5) is 51.3. The van der Waals surface area contributed by atoms with E-state index in [-0.39, 0.29) is 49.1 Å². The van der Waals surface area contributed by atoms with Gasteiger partial charge in [-0.2, -0.15) is 0 Å². The van der Waals surface area contributed by atoms with E-state index in [0.29, 0.717) is 24.4 Å². The topological polar surface area (TPSA) is 117 Å². The second-order valence-corrected chi connectivity index (χ2v) is 9.54. The molecule has 3 aliphatic heterocycles. The summed E-state index contributed by atoms with van der Waals surface area (Å²) < 4.78 is 40.0. The van der Waals surface area contributed by atoms with Gasteiger partial charge in [0, 0.05) is 36.3 Å². The zero-order chi connectivity index (χ0) is 27.0. The van der Waals surface area contributed by atoms with Crippen molar-refractivity contribution >= 4 is 29.5 Å². The van der Waals surface area contributed by atoms with E-state index in [0.717, 1.165) is 12.1 Å². The molecule has 3 fully saturated rings. The van der Waals surface area contributed by atoms with E-state index in [4.69, 9.17) is 9.47 Å². The molecule has 2 aromatic carbocycles. The molecule has 3 aliphatic rings. The number of hydrogen-bond acceptors (Lipinski definition) is 7. The molecule has 2 N–H and O–H groups in total. The van der Waals surface area contributed by atoms with Crippen molar-refractivity contribution in [3.63, 3.8) is 0 Å². The number of anilines is 1. The highest BCUT2D eigenvalue weighted by molar-refractivity contribution is 6.01. The number of halogens is 2. The Morgan fingerprint density at radius 3 is 2.29 bits per heavy atom. The number of alkyl carbamates (subject to hydrolysis) is 1. The minimum atomic E-state index is -1.06. The lowest BCUT2D eigenvalue weighted by atomic mass is 9.89. The average molecular weight is 529 g/mol. The summed E-state index contributed by atoms with van der Waals surface area (Å²) in [5.41, 5.74) is 0.452. The quantitative estimate of drug-likeness (QED) is 0.551. The van der Waals surface area contributed by atoms with Crippen LogP contribution in [0.1, 0.15) is 34.7 Å². The second kappa shape index (κ2) is 10.3. The number of rotatable bonds is 6. The molecule has 1 atom stereocenters. The average Bonchev–Trinajstić information content (AvgIpc) is 2.83. The van der Waals surface area contributed by atoms with Gasteiger partial charge in [-0.1, -0.05) is 0 Å². The molecule has 5 rings (SSSR count). The first-order chi connectivity index (χ1) is 18.2. The van der Waals surface area contributed by atoms with Gasteiger partial charge in [0.15, 0.2) is 0 Å². The first-order valence-corrected chi connectivity index (χ1v) is 12.2. The van der Waals surface area contributed by atoms with Crippen LogP contribution in [0.5, 0.6) is 5.75 Å². The Hall–Kier alpha value is -4.22. The van der Waals surface area contributed by atoms with E-state index >= 15 is 0 Å². The van der Waals surface area contributed by atoms with Crippen molar-refractivity contribution in [3.8, 4) is 5.75 Å². The lowest BCUT2D eigenvalue weighted by Gasteiger charge is -2.42. The molecule has 0 aliphatic carbocycles. The largest absolute Gasteiger partial charge is 0.497 e. The fraction of sp³-hybridized carbons (Fsp3) is 0.385. The van der Waals surface area contributed by atoms with Gasteiger partial charge in [-0.3, -0.25) is 19.7 Å². The van der Waals surface area contributed by atoms with Crippen molar-refractivity contribution in [3.05, 3.63) is 59.2 Å². The number of hydrogen-bond donors (Lipinski definition) is 2. The highest BCUT2D eigenvalue weighted by Crippen LogP contribution is 2.33. The Morgan fingerprint density at radius 2 is 1.68 bits per heavy atom. The number of amides is 4. The van der Waals surface area contributed by atoms with E-state index in [1.54, 1.807) is 41.2 Å². The van der Waals surface area contributed by atoms with Crippen LogP contribution < -0.4 is 20.3 Å².